The van der Waals surface area contributed by atoms with Crippen LogP contribution in [0.4, 0.5) is 0 Å². The van der Waals surface area contributed by atoms with Crippen molar-refractivity contribution < 1.29 is 4.79 Å². The maximum absolute atomic E-state index is 13.0. The first-order chi connectivity index (χ1) is 12.7. The molecule has 0 aromatic carbocycles. The fourth-order valence-electron chi connectivity index (χ4n) is 3.56. The summed E-state index contributed by atoms with van der Waals surface area (Å²) in [6, 6.07) is 6.89. The molecule has 0 radical (unpaired) electrons. The van der Waals surface area contributed by atoms with E-state index in [9.17, 15) is 9.59 Å². The molecule has 0 bridgehead atoms. The van der Waals surface area contributed by atoms with E-state index in [1.807, 2.05) is 17.9 Å². The number of H-pyrrole nitrogens is 1. The van der Waals surface area contributed by atoms with Crippen LogP contribution in [-0.4, -0.2) is 36.9 Å². The van der Waals surface area contributed by atoms with Gasteiger partial charge in [-0.3, -0.25) is 19.7 Å². The summed E-state index contributed by atoms with van der Waals surface area (Å²) < 4.78 is 1.45. The lowest BCUT2D eigenvalue weighted by atomic mass is 9.98. The molecule has 134 valence electrons. The molecule has 1 saturated heterocycles. The Balaban J connectivity index is 1.72. The molecule has 3 aromatic heterocycles. The Morgan fingerprint density at radius 1 is 1.35 bits per heavy atom. The van der Waals surface area contributed by atoms with Crippen molar-refractivity contribution in [1.82, 2.24) is 24.5 Å². The van der Waals surface area contributed by atoms with Gasteiger partial charge in [0.2, 0.25) is 0 Å². The van der Waals surface area contributed by atoms with E-state index in [-0.39, 0.29) is 17.5 Å². The standard InChI is InChI=1S/C19H21N5O2/c1-2-14-10-18(25)24-17(21-14)11-15(22-24)16-7-3-4-9-23(16)19(26)13-6-5-8-20-12-13/h5-6,8,10-12,16,22H,2-4,7,9H2,1H3. The summed E-state index contributed by atoms with van der Waals surface area (Å²) in [5, 5.41) is 3.15. The lowest BCUT2D eigenvalue weighted by Crippen LogP contribution is -2.38. The molecule has 1 N–H and O–H groups in total. The van der Waals surface area contributed by atoms with Crippen molar-refractivity contribution in [3.63, 3.8) is 0 Å². The number of hydrogen-bond acceptors (Lipinski definition) is 4. The van der Waals surface area contributed by atoms with Gasteiger partial charge in [0.25, 0.3) is 11.5 Å². The van der Waals surface area contributed by atoms with E-state index in [1.165, 1.54) is 4.52 Å². The van der Waals surface area contributed by atoms with Gasteiger partial charge in [0.1, 0.15) is 0 Å². The molecule has 4 rings (SSSR count). The Morgan fingerprint density at radius 2 is 2.23 bits per heavy atom. The number of hydrogen-bond donors (Lipinski definition) is 1. The van der Waals surface area contributed by atoms with Gasteiger partial charge in [0.05, 0.1) is 17.3 Å². The van der Waals surface area contributed by atoms with Gasteiger partial charge in [-0.15, -0.1) is 0 Å². The van der Waals surface area contributed by atoms with E-state index in [0.29, 0.717) is 24.2 Å². The Kier molecular flexibility index (Phi) is 4.28. The second-order valence-corrected chi connectivity index (χ2v) is 6.60. The van der Waals surface area contributed by atoms with Gasteiger partial charge < -0.3 is 4.90 Å². The summed E-state index contributed by atoms with van der Waals surface area (Å²) in [4.78, 5) is 35.7. The number of amides is 1. The first-order valence-electron chi connectivity index (χ1n) is 9.00. The quantitative estimate of drug-likeness (QED) is 0.785. The monoisotopic (exact) mass is 351 g/mol. The summed E-state index contributed by atoms with van der Waals surface area (Å²) in [7, 11) is 0. The molecule has 0 saturated carbocycles. The number of piperidine rings is 1. The van der Waals surface area contributed by atoms with Gasteiger partial charge in [-0.25, -0.2) is 9.50 Å². The number of aromatic nitrogens is 4. The van der Waals surface area contributed by atoms with Gasteiger partial charge in [-0.1, -0.05) is 6.92 Å². The molecule has 7 heteroatoms. The number of aryl methyl sites for hydroxylation is 1. The fraction of sp³-hybridized carbons (Fsp3) is 0.368. The highest BCUT2D eigenvalue weighted by Crippen LogP contribution is 2.31. The van der Waals surface area contributed by atoms with Crippen LogP contribution in [-0.2, 0) is 6.42 Å². The van der Waals surface area contributed by atoms with E-state index < -0.39 is 0 Å². The third kappa shape index (κ3) is 2.89. The van der Waals surface area contributed by atoms with Crippen LogP contribution in [0.15, 0.2) is 41.5 Å². The number of carbonyl (C=O) groups is 1. The number of carbonyl (C=O) groups excluding carboxylic acids is 1. The molecule has 1 aliphatic heterocycles. The minimum absolute atomic E-state index is 0.0315. The molecule has 0 aliphatic carbocycles. The van der Waals surface area contributed by atoms with Crippen molar-refractivity contribution in [2.75, 3.05) is 6.54 Å². The normalized spacial score (nSPS) is 17.6. The Hall–Kier alpha value is -2.96. The number of nitrogens with one attached hydrogen (secondary N) is 1. The molecular formula is C19H21N5O2. The van der Waals surface area contributed by atoms with E-state index in [4.69, 9.17) is 0 Å². The number of nitrogens with zero attached hydrogens (tertiary/aromatic N) is 4. The van der Waals surface area contributed by atoms with Crippen LogP contribution in [0.1, 0.15) is 54.0 Å². The molecule has 26 heavy (non-hydrogen) atoms. The van der Waals surface area contributed by atoms with Gasteiger partial charge in [0.15, 0.2) is 5.65 Å². The molecule has 1 aliphatic rings. The van der Waals surface area contributed by atoms with E-state index in [0.717, 1.165) is 30.7 Å². The highest BCUT2D eigenvalue weighted by Gasteiger charge is 2.30. The first kappa shape index (κ1) is 16.5. The van der Waals surface area contributed by atoms with Crippen LogP contribution in [0.2, 0.25) is 0 Å². The van der Waals surface area contributed by atoms with Crippen LogP contribution < -0.4 is 5.56 Å². The topological polar surface area (TPSA) is 83.4 Å². The van der Waals surface area contributed by atoms with Crippen LogP contribution in [0.3, 0.4) is 0 Å². The molecule has 1 amide bonds. The van der Waals surface area contributed by atoms with Crippen LogP contribution >= 0.6 is 0 Å². The lowest BCUT2D eigenvalue weighted by molar-refractivity contribution is 0.0605. The SMILES string of the molecule is CCc1cc(=O)n2[nH]c(C3CCCCN3C(=O)c3cccnc3)cc2n1. The summed E-state index contributed by atoms with van der Waals surface area (Å²) in [6.07, 6.45) is 6.83. The zero-order valence-electron chi connectivity index (χ0n) is 14.7. The second kappa shape index (κ2) is 6.74. The minimum Gasteiger partial charge on any atom is -0.330 e. The van der Waals surface area contributed by atoms with Crippen LogP contribution in [0.5, 0.6) is 0 Å². The van der Waals surface area contributed by atoms with Gasteiger partial charge in [-0.2, -0.15) is 0 Å². The van der Waals surface area contributed by atoms with E-state index in [1.54, 1.807) is 30.6 Å². The average molecular weight is 351 g/mol. The van der Waals surface area contributed by atoms with Crippen LogP contribution in [0, 0.1) is 0 Å². The number of fused-ring (bicyclic) bond motifs is 1. The third-order valence-electron chi connectivity index (χ3n) is 4.92. The summed E-state index contributed by atoms with van der Waals surface area (Å²) >= 11 is 0. The molecular weight excluding hydrogens is 330 g/mol. The van der Waals surface area contributed by atoms with E-state index in [2.05, 4.69) is 15.1 Å². The molecule has 1 atom stereocenters. The average Bonchev–Trinajstić information content (AvgIpc) is 3.12. The maximum Gasteiger partial charge on any atom is 0.272 e. The highest BCUT2D eigenvalue weighted by atomic mass is 16.2. The Morgan fingerprint density at radius 3 is 3.00 bits per heavy atom. The smallest absolute Gasteiger partial charge is 0.272 e. The highest BCUT2D eigenvalue weighted by molar-refractivity contribution is 5.94. The third-order valence-corrected chi connectivity index (χ3v) is 4.92. The van der Waals surface area contributed by atoms with Gasteiger partial charge in [0, 0.05) is 36.8 Å². The minimum atomic E-state index is -0.126. The molecule has 0 spiro atoms. The Labute approximate surface area is 150 Å². The maximum atomic E-state index is 13.0. The summed E-state index contributed by atoms with van der Waals surface area (Å²) in [5.41, 5.74) is 2.68. The first-order valence-corrected chi connectivity index (χ1v) is 9.00. The molecule has 1 unspecified atom stereocenters. The molecule has 4 heterocycles. The molecule has 1 fully saturated rings. The molecule has 3 aromatic rings. The zero-order valence-corrected chi connectivity index (χ0v) is 14.7. The second-order valence-electron chi connectivity index (χ2n) is 6.60. The van der Waals surface area contributed by atoms with Crippen LogP contribution in [0.25, 0.3) is 5.65 Å². The van der Waals surface area contributed by atoms with E-state index >= 15 is 0 Å². The van der Waals surface area contributed by atoms with Crippen molar-refractivity contribution >= 4 is 11.6 Å². The van der Waals surface area contributed by atoms with Crippen molar-refractivity contribution in [3.8, 4) is 0 Å². The largest absolute Gasteiger partial charge is 0.330 e. The molecule has 7 nitrogen and oxygen atoms in total. The van der Waals surface area contributed by atoms with Gasteiger partial charge in [-0.05, 0) is 37.8 Å². The van der Waals surface area contributed by atoms with Gasteiger partial charge >= 0.3 is 0 Å². The fourth-order valence-corrected chi connectivity index (χ4v) is 3.56. The number of likely N-dealkylation sites (tertiary alicyclic amines) is 1. The zero-order chi connectivity index (χ0) is 18.1. The lowest BCUT2D eigenvalue weighted by Gasteiger charge is -2.35. The predicted octanol–water partition coefficient (Wildman–Crippen LogP) is 2.35. The Bertz CT molecular complexity index is 992. The number of pyridine rings is 1. The summed E-state index contributed by atoms with van der Waals surface area (Å²) in [6.45, 7) is 2.66. The van der Waals surface area contributed by atoms with Crippen molar-refractivity contribution in [2.24, 2.45) is 0 Å². The number of aromatic amines is 1. The van der Waals surface area contributed by atoms with Crippen molar-refractivity contribution in [3.05, 3.63) is 64.0 Å². The van der Waals surface area contributed by atoms with Crippen molar-refractivity contribution in [1.29, 1.82) is 0 Å². The predicted molar refractivity (Wildman–Crippen MR) is 97.1 cm³/mol. The van der Waals surface area contributed by atoms with Crippen molar-refractivity contribution in [2.45, 2.75) is 38.6 Å². The summed E-state index contributed by atoms with van der Waals surface area (Å²) in [5.74, 6) is -0.0315. The number of rotatable bonds is 3.